The molecule has 1 heterocycles. The van der Waals surface area contributed by atoms with Gasteiger partial charge in [-0.05, 0) is 41.0 Å². The van der Waals surface area contributed by atoms with Crippen LogP contribution in [-0.4, -0.2) is 10.0 Å². The first kappa shape index (κ1) is 11.6. The number of nitrogens with zero attached hydrogens (tertiary/aromatic N) is 1. The molecule has 2 aromatic carbocycles. The molecule has 94 valence electrons. The minimum atomic E-state index is 0.295. The average Bonchev–Trinajstić information content (AvgIpc) is 2.46. The molecule has 0 spiro atoms. The van der Waals surface area contributed by atoms with Gasteiger partial charge in [0.05, 0.1) is 0 Å². The van der Waals surface area contributed by atoms with Gasteiger partial charge >= 0.3 is 0 Å². The van der Waals surface area contributed by atoms with Crippen molar-refractivity contribution in [2.45, 2.75) is 6.54 Å². The Morgan fingerprint density at radius 3 is 2.63 bits per heavy atom. The van der Waals surface area contributed by atoms with E-state index in [2.05, 4.69) is 47.6 Å². The lowest BCUT2D eigenvalue weighted by molar-refractivity contribution is 0.475. The Hall–Kier alpha value is -2.48. The van der Waals surface area contributed by atoms with Gasteiger partial charge in [0.15, 0.2) is 0 Å². The van der Waals surface area contributed by atoms with Gasteiger partial charge in [-0.25, -0.2) is 0 Å². The van der Waals surface area contributed by atoms with E-state index in [9.17, 15) is 5.11 Å². The number of phenols is 1. The third-order valence-electron chi connectivity index (χ3n) is 3.21. The number of hydrogen-bond acceptors (Lipinski definition) is 2. The Balaban J connectivity index is 1.74. The van der Waals surface area contributed by atoms with Gasteiger partial charge in [0.1, 0.15) is 5.75 Å². The molecule has 0 atom stereocenters. The van der Waals surface area contributed by atoms with Gasteiger partial charge in [0.2, 0.25) is 0 Å². The first-order valence-electron chi connectivity index (χ1n) is 6.30. The summed E-state index contributed by atoms with van der Waals surface area (Å²) in [4.78, 5) is 2.15. The van der Waals surface area contributed by atoms with Crippen molar-refractivity contribution in [2.24, 2.45) is 0 Å². The molecule has 0 fully saturated rings. The van der Waals surface area contributed by atoms with Gasteiger partial charge < -0.3 is 10.0 Å². The summed E-state index contributed by atoms with van der Waals surface area (Å²) in [6, 6.07) is 15.6. The smallest absolute Gasteiger partial charge is 0.115 e. The van der Waals surface area contributed by atoms with Crippen LogP contribution in [0.4, 0.5) is 0 Å². The Labute approximate surface area is 112 Å². The monoisotopic (exact) mass is 249 g/mol. The fraction of sp³-hybridized carbons (Fsp3) is 0.0588. The van der Waals surface area contributed by atoms with Crippen molar-refractivity contribution in [1.82, 2.24) is 4.90 Å². The lowest BCUT2D eigenvalue weighted by atomic mass is 10.0. The van der Waals surface area contributed by atoms with Crippen LogP contribution in [0.1, 0.15) is 16.7 Å². The molecule has 0 amide bonds. The van der Waals surface area contributed by atoms with Crippen LogP contribution in [0.3, 0.4) is 0 Å². The van der Waals surface area contributed by atoms with Crippen molar-refractivity contribution in [2.75, 3.05) is 0 Å². The second-order valence-electron chi connectivity index (χ2n) is 4.59. The predicted molar refractivity (Wildman–Crippen MR) is 78.2 cm³/mol. The van der Waals surface area contributed by atoms with Gasteiger partial charge in [0.25, 0.3) is 0 Å². The van der Waals surface area contributed by atoms with Crippen LogP contribution >= 0.6 is 0 Å². The minimum Gasteiger partial charge on any atom is -0.508 e. The highest BCUT2D eigenvalue weighted by Gasteiger charge is 2.06. The summed E-state index contributed by atoms with van der Waals surface area (Å²) in [5.74, 6) is 0.295. The number of hydrogen-bond donors (Lipinski definition) is 1. The fourth-order valence-electron chi connectivity index (χ4n) is 2.14. The van der Waals surface area contributed by atoms with Crippen LogP contribution in [0.5, 0.6) is 5.75 Å². The quantitative estimate of drug-likeness (QED) is 0.873. The average molecular weight is 249 g/mol. The van der Waals surface area contributed by atoms with E-state index >= 15 is 0 Å². The third kappa shape index (κ3) is 2.68. The zero-order valence-electron chi connectivity index (χ0n) is 10.5. The van der Waals surface area contributed by atoms with Crippen LogP contribution in [-0.2, 0) is 6.54 Å². The Kier molecular flexibility index (Phi) is 3.07. The molecule has 1 N–H and O–H groups in total. The molecule has 0 radical (unpaired) electrons. The minimum absolute atomic E-state index is 0.295. The van der Waals surface area contributed by atoms with E-state index in [1.165, 1.54) is 11.1 Å². The van der Waals surface area contributed by atoms with Gasteiger partial charge in [0, 0.05) is 18.9 Å². The summed E-state index contributed by atoms with van der Waals surface area (Å²) in [6.45, 7) is 0.890. The van der Waals surface area contributed by atoms with Crippen molar-refractivity contribution in [3.8, 4) is 5.75 Å². The highest BCUT2D eigenvalue weighted by Crippen LogP contribution is 2.20. The molecule has 1 aliphatic heterocycles. The molecular formula is C17H15NO. The molecule has 2 heteroatoms. The van der Waals surface area contributed by atoms with Crippen molar-refractivity contribution >= 4 is 12.2 Å². The van der Waals surface area contributed by atoms with Crippen molar-refractivity contribution in [1.29, 1.82) is 0 Å². The molecule has 0 bridgehead atoms. The fourth-order valence-corrected chi connectivity index (χ4v) is 2.14. The van der Waals surface area contributed by atoms with Crippen LogP contribution in [0.15, 0.2) is 60.9 Å². The number of fused-ring (bicyclic) bond motifs is 1. The maximum Gasteiger partial charge on any atom is 0.115 e. The normalized spacial score (nSPS) is 13.8. The van der Waals surface area contributed by atoms with Crippen LogP contribution in [0.2, 0.25) is 0 Å². The summed E-state index contributed by atoms with van der Waals surface area (Å²) in [6.07, 6.45) is 8.30. The topological polar surface area (TPSA) is 23.5 Å². The number of rotatable bonds is 2. The molecule has 2 nitrogen and oxygen atoms in total. The largest absolute Gasteiger partial charge is 0.508 e. The van der Waals surface area contributed by atoms with Crippen LogP contribution in [0.25, 0.3) is 12.2 Å². The van der Waals surface area contributed by atoms with E-state index in [1.54, 1.807) is 12.1 Å². The van der Waals surface area contributed by atoms with Crippen molar-refractivity contribution in [3.05, 3.63) is 77.6 Å². The molecule has 1 aliphatic rings. The molecule has 0 saturated heterocycles. The molecule has 2 aromatic rings. The second kappa shape index (κ2) is 5.02. The van der Waals surface area contributed by atoms with Gasteiger partial charge in [-0.3, -0.25) is 0 Å². The highest BCUT2D eigenvalue weighted by molar-refractivity contribution is 5.57. The molecular weight excluding hydrogens is 234 g/mol. The van der Waals surface area contributed by atoms with E-state index in [4.69, 9.17) is 0 Å². The zero-order valence-corrected chi connectivity index (χ0v) is 10.5. The van der Waals surface area contributed by atoms with Crippen LogP contribution in [0, 0.1) is 0 Å². The summed E-state index contributed by atoms with van der Waals surface area (Å²) in [5, 5.41) is 9.24. The van der Waals surface area contributed by atoms with E-state index in [1.807, 2.05) is 18.2 Å². The first-order valence-corrected chi connectivity index (χ1v) is 6.30. The molecule has 0 aliphatic carbocycles. The van der Waals surface area contributed by atoms with Gasteiger partial charge in [-0.2, -0.15) is 0 Å². The molecule has 3 rings (SSSR count). The Morgan fingerprint density at radius 1 is 1.00 bits per heavy atom. The summed E-state index contributed by atoms with van der Waals surface area (Å²) < 4.78 is 0. The van der Waals surface area contributed by atoms with E-state index in [-0.39, 0.29) is 0 Å². The lowest BCUT2D eigenvalue weighted by Gasteiger charge is -2.21. The predicted octanol–water partition coefficient (Wildman–Crippen LogP) is 3.85. The standard InChI is InChI=1S/C17H15NO/c19-17-7-5-14(6-8-17)9-11-18-12-10-15-3-1-2-4-16(15)13-18/h1-12,19H,13H2. The highest BCUT2D eigenvalue weighted by atomic mass is 16.3. The second-order valence-corrected chi connectivity index (χ2v) is 4.59. The first-order chi connectivity index (χ1) is 9.31. The third-order valence-corrected chi connectivity index (χ3v) is 3.21. The molecule has 0 unspecified atom stereocenters. The lowest BCUT2D eigenvalue weighted by Crippen LogP contribution is -2.13. The zero-order chi connectivity index (χ0) is 13.1. The van der Waals surface area contributed by atoms with Crippen LogP contribution < -0.4 is 0 Å². The maximum absolute atomic E-state index is 9.24. The van der Waals surface area contributed by atoms with Gasteiger partial charge in [-0.15, -0.1) is 0 Å². The maximum atomic E-state index is 9.24. The van der Waals surface area contributed by atoms with E-state index < -0.39 is 0 Å². The van der Waals surface area contributed by atoms with Gasteiger partial charge in [-0.1, -0.05) is 36.4 Å². The SMILES string of the molecule is Oc1ccc(C=CN2C=Cc3ccccc3C2)cc1. The summed E-state index contributed by atoms with van der Waals surface area (Å²) >= 11 is 0. The van der Waals surface area contributed by atoms with Crippen molar-refractivity contribution in [3.63, 3.8) is 0 Å². The molecule has 19 heavy (non-hydrogen) atoms. The van der Waals surface area contributed by atoms with Crippen molar-refractivity contribution < 1.29 is 5.11 Å². The Morgan fingerprint density at radius 2 is 1.79 bits per heavy atom. The van der Waals surface area contributed by atoms with E-state index in [0.29, 0.717) is 5.75 Å². The van der Waals surface area contributed by atoms with E-state index in [0.717, 1.165) is 12.1 Å². The number of benzene rings is 2. The summed E-state index contributed by atoms with van der Waals surface area (Å²) in [5.41, 5.74) is 3.70. The Bertz CT molecular complexity index is 626. The summed E-state index contributed by atoms with van der Waals surface area (Å²) in [7, 11) is 0. The molecule has 0 aromatic heterocycles. The molecule has 0 saturated carbocycles. The number of phenolic OH excluding ortho intramolecular Hbond substituents is 1. The number of aromatic hydroxyl groups is 1.